The van der Waals surface area contributed by atoms with Crippen molar-refractivity contribution in [3.05, 3.63) is 0 Å². The van der Waals surface area contributed by atoms with Crippen LogP contribution in [0.2, 0.25) is 0 Å². The molecule has 0 aromatic carbocycles. The van der Waals surface area contributed by atoms with Gasteiger partial charge < -0.3 is 10.5 Å². The van der Waals surface area contributed by atoms with Crippen LogP contribution >= 0.6 is 0 Å². The molecule has 106 valence electrons. The van der Waals surface area contributed by atoms with E-state index in [4.69, 9.17) is 10.5 Å². The van der Waals surface area contributed by atoms with Crippen molar-refractivity contribution in [2.45, 2.75) is 39.3 Å². The van der Waals surface area contributed by atoms with Gasteiger partial charge in [0.05, 0.1) is 6.61 Å². The Bertz CT molecular complexity index is 281. The lowest BCUT2D eigenvalue weighted by Gasteiger charge is -2.41. The molecule has 0 aromatic rings. The highest BCUT2D eigenvalue weighted by Gasteiger charge is 2.34. The molecular weight excluding hydrogens is 230 g/mol. The molecule has 18 heavy (non-hydrogen) atoms. The molecule has 2 unspecified atom stereocenters. The van der Waals surface area contributed by atoms with Crippen LogP contribution in [0.1, 0.15) is 27.7 Å². The second-order valence-corrected chi connectivity index (χ2v) is 5.35. The molecule has 2 N–H and O–H groups in total. The molecular formula is C13H27N3O2. The first kappa shape index (κ1) is 15.4. The van der Waals surface area contributed by atoms with Gasteiger partial charge in [0.15, 0.2) is 0 Å². The largest absolute Gasteiger partial charge is 0.465 e. The van der Waals surface area contributed by atoms with Crippen molar-refractivity contribution in [3.8, 4) is 0 Å². The molecule has 0 radical (unpaired) electrons. The van der Waals surface area contributed by atoms with E-state index in [2.05, 4.69) is 23.6 Å². The number of nitrogens with two attached hydrogens (primary N) is 1. The van der Waals surface area contributed by atoms with Crippen molar-refractivity contribution < 1.29 is 9.53 Å². The van der Waals surface area contributed by atoms with Crippen LogP contribution in [0.5, 0.6) is 0 Å². The number of hydrogen-bond donors (Lipinski definition) is 1. The molecule has 0 aliphatic carbocycles. The summed E-state index contributed by atoms with van der Waals surface area (Å²) in [4.78, 5) is 16.5. The van der Waals surface area contributed by atoms with Gasteiger partial charge in [0.25, 0.3) is 0 Å². The Morgan fingerprint density at radius 2 is 2.11 bits per heavy atom. The summed E-state index contributed by atoms with van der Waals surface area (Å²) in [6.45, 7) is 12.9. The van der Waals surface area contributed by atoms with Crippen LogP contribution in [0.3, 0.4) is 0 Å². The summed E-state index contributed by atoms with van der Waals surface area (Å²) >= 11 is 0. The third-order valence-corrected chi connectivity index (χ3v) is 3.55. The van der Waals surface area contributed by atoms with Crippen LogP contribution in [0.4, 0.5) is 0 Å². The molecule has 1 aliphatic heterocycles. The molecule has 5 heteroatoms. The van der Waals surface area contributed by atoms with Crippen molar-refractivity contribution in [2.24, 2.45) is 5.73 Å². The summed E-state index contributed by atoms with van der Waals surface area (Å²) < 4.78 is 5.02. The zero-order valence-corrected chi connectivity index (χ0v) is 12.1. The van der Waals surface area contributed by atoms with E-state index in [9.17, 15) is 4.79 Å². The van der Waals surface area contributed by atoms with Crippen LogP contribution in [0.15, 0.2) is 0 Å². The lowest BCUT2D eigenvalue weighted by atomic mass is 10.0. The lowest BCUT2D eigenvalue weighted by molar-refractivity contribution is -0.150. The number of carbonyl (C=O) groups excluding carboxylic acids is 1. The summed E-state index contributed by atoms with van der Waals surface area (Å²) in [6, 6.07) is 0.516. The number of esters is 1. The maximum absolute atomic E-state index is 11.8. The SMILES string of the molecule is CCOC(=O)C(C)(N)CN1CCN(CC)C(C)C1. The van der Waals surface area contributed by atoms with Gasteiger partial charge in [-0.1, -0.05) is 6.92 Å². The second kappa shape index (κ2) is 6.50. The van der Waals surface area contributed by atoms with E-state index in [-0.39, 0.29) is 5.97 Å². The smallest absolute Gasteiger partial charge is 0.327 e. The molecule has 1 aliphatic rings. The molecule has 1 fully saturated rings. The summed E-state index contributed by atoms with van der Waals surface area (Å²) in [5.74, 6) is -0.310. The fraction of sp³-hybridized carbons (Fsp3) is 0.923. The van der Waals surface area contributed by atoms with Gasteiger partial charge in [-0.25, -0.2) is 0 Å². The van der Waals surface area contributed by atoms with Crippen molar-refractivity contribution >= 4 is 5.97 Å². The molecule has 1 rings (SSSR count). The molecule has 1 saturated heterocycles. The van der Waals surface area contributed by atoms with Gasteiger partial charge in [-0.3, -0.25) is 14.6 Å². The van der Waals surface area contributed by atoms with Crippen molar-refractivity contribution in [2.75, 3.05) is 39.3 Å². The summed E-state index contributed by atoms with van der Waals surface area (Å²) in [5.41, 5.74) is 5.15. The van der Waals surface area contributed by atoms with E-state index in [1.807, 2.05) is 0 Å². The van der Waals surface area contributed by atoms with E-state index in [1.54, 1.807) is 13.8 Å². The topological polar surface area (TPSA) is 58.8 Å². The minimum Gasteiger partial charge on any atom is -0.465 e. The molecule has 5 nitrogen and oxygen atoms in total. The normalized spacial score (nSPS) is 25.7. The quantitative estimate of drug-likeness (QED) is 0.718. The Morgan fingerprint density at radius 1 is 1.44 bits per heavy atom. The van der Waals surface area contributed by atoms with E-state index in [0.29, 0.717) is 19.2 Å². The Labute approximate surface area is 110 Å². The standard InChI is InChI=1S/C13H27N3O2/c1-5-16-8-7-15(9-11(16)3)10-13(4,14)12(17)18-6-2/h11H,5-10,14H2,1-4H3. The molecule has 0 amide bonds. The van der Waals surface area contributed by atoms with E-state index < -0.39 is 5.54 Å². The summed E-state index contributed by atoms with van der Waals surface area (Å²) in [5, 5.41) is 0. The van der Waals surface area contributed by atoms with Crippen LogP contribution in [0, 0.1) is 0 Å². The fourth-order valence-corrected chi connectivity index (χ4v) is 2.51. The van der Waals surface area contributed by atoms with Crippen LogP contribution in [0.25, 0.3) is 0 Å². The maximum Gasteiger partial charge on any atom is 0.327 e. The number of likely N-dealkylation sites (N-methyl/N-ethyl adjacent to an activating group) is 1. The van der Waals surface area contributed by atoms with Crippen molar-refractivity contribution in [1.82, 2.24) is 9.80 Å². The number of piperazine rings is 1. The van der Waals surface area contributed by atoms with E-state index >= 15 is 0 Å². The molecule has 0 bridgehead atoms. The predicted octanol–water partition coefficient (Wildman–Crippen LogP) is 0.293. The maximum atomic E-state index is 11.8. The highest BCUT2D eigenvalue weighted by atomic mass is 16.5. The molecule has 0 aromatic heterocycles. The Morgan fingerprint density at radius 3 is 2.61 bits per heavy atom. The minimum absolute atomic E-state index is 0.310. The van der Waals surface area contributed by atoms with E-state index in [1.165, 1.54) is 0 Å². The van der Waals surface area contributed by atoms with Gasteiger partial charge >= 0.3 is 5.97 Å². The molecule has 0 saturated carbocycles. The average molecular weight is 257 g/mol. The minimum atomic E-state index is -0.913. The van der Waals surface area contributed by atoms with Gasteiger partial charge in [-0.2, -0.15) is 0 Å². The molecule has 0 spiro atoms. The third-order valence-electron chi connectivity index (χ3n) is 3.55. The van der Waals surface area contributed by atoms with Gasteiger partial charge in [0.1, 0.15) is 5.54 Å². The number of nitrogens with zero attached hydrogens (tertiary/aromatic N) is 2. The Kier molecular flexibility index (Phi) is 5.56. The first-order valence-electron chi connectivity index (χ1n) is 6.83. The second-order valence-electron chi connectivity index (χ2n) is 5.35. The lowest BCUT2D eigenvalue weighted by Crippen LogP contribution is -2.59. The molecule has 1 heterocycles. The van der Waals surface area contributed by atoms with Crippen LogP contribution in [-0.4, -0.2) is 66.7 Å². The summed E-state index contributed by atoms with van der Waals surface area (Å²) in [6.07, 6.45) is 0. The third kappa shape index (κ3) is 3.93. The summed E-state index contributed by atoms with van der Waals surface area (Å²) in [7, 11) is 0. The van der Waals surface area contributed by atoms with Crippen molar-refractivity contribution in [3.63, 3.8) is 0 Å². The van der Waals surface area contributed by atoms with Crippen LogP contribution in [-0.2, 0) is 9.53 Å². The number of ether oxygens (including phenoxy) is 1. The monoisotopic (exact) mass is 257 g/mol. The Hall–Kier alpha value is -0.650. The highest BCUT2D eigenvalue weighted by molar-refractivity contribution is 5.80. The molecule has 2 atom stereocenters. The average Bonchev–Trinajstić information content (AvgIpc) is 2.29. The van der Waals surface area contributed by atoms with Crippen molar-refractivity contribution in [1.29, 1.82) is 0 Å². The number of carbonyl (C=O) groups is 1. The van der Waals surface area contributed by atoms with Gasteiger partial charge in [-0.05, 0) is 27.3 Å². The number of rotatable bonds is 5. The van der Waals surface area contributed by atoms with Gasteiger partial charge in [-0.15, -0.1) is 0 Å². The zero-order valence-electron chi connectivity index (χ0n) is 12.1. The Balaban J connectivity index is 2.50. The number of hydrogen-bond acceptors (Lipinski definition) is 5. The van der Waals surface area contributed by atoms with Crippen LogP contribution < -0.4 is 5.73 Å². The first-order chi connectivity index (χ1) is 8.40. The van der Waals surface area contributed by atoms with Gasteiger partial charge in [0.2, 0.25) is 0 Å². The highest BCUT2D eigenvalue weighted by Crippen LogP contribution is 2.13. The zero-order chi connectivity index (χ0) is 13.8. The fourth-order valence-electron chi connectivity index (χ4n) is 2.51. The van der Waals surface area contributed by atoms with E-state index in [0.717, 1.165) is 26.2 Å². The predicted molar refractivity (Wildman–Crippen MR) is 72.4 cm³/mol. The van der Waals surface area contributed by atoms with Gasteiger partial charge in [0, 0.05) is 32.2 Å². The first-order valence-corrected chi connectivity index (χ1v) is 6.83.